The third-order valence-electron chi connectivity index (χ3n) is 1.01. The Labute approximate surface area is 70.2 Å². The number of nitrogens with zero attached hydrogens (tertiary/aromatic N) is 1. The lowest BCUT2D eigenvalue weighted by Gasteiger charge is -1.94. The fourth-order valence-corrected chi connectivity index (χ4v) is 1.01. The van der Waals surface area contributed by atoms with Crippen molar-refractivity contribution in [1.82, 2.24) is 0 Å². The molecule has 0 N–H and O–H groups in total. The normalized spacial score (nSPS) is 10.3. The van der Waals surface area contributed by atoms with Crippen LogP contribution in [-0.4, -0.2) is 0 Å². The van der Waals surface area contributed by atoms with Gasteiger partial charge in [0.15, 0.2) is 0 Å². The summed E-state index contributed by atoms with van der Waals surface area (Å²) in [6.45, 7) is 0. The summed E-state index contributed by atoms with van der Waals surface area (Å²) in [6, 6.07) is 4.87. The molecule has 0 fully saturated rings. The van der Waals surface area contributed by atoms with Gasteiger partial charge in [-0.05, 0) is 12.1 Å². The second kappa shape index (κ2) is 2.92. The molecule has 0 saturated carbocycles. The zero-order valence-electron chi connectivity index (χ0n) is 5.86. The van der Waals surface area contributed by atoms with Crippen LogP contribution in [-0.2, 0) is 0 Å². The van der Waals surface area contributed by atoms with Crippen LogP contribution in [0.1, 0.15) is 6.93 Å². The molecule has 0 aromatic heterocycles. The molecule has 1 rings (SSSR count). The van der Waals surface area contributed by atoms with Gasteiger partial charge in [-0.3, -0.25) is 0 Å². The van der Waals surface area contributed by atoms with Gasteiger partial charge in [0.25, 0.3) is 0 Å². The SMILES string of the molecule is [2H]c1ccc(Cl)c(C#N)c1Cl. The fourth-order valence-electron chi connectivity index (χ4n) is 0.551. The summed E-state index contributed by atoms with van der Waals surface area (Å²) < 4.78 is 7.22. The predicted octanol–water partition coefficient (Wildman–Crippen LogP) is 2.87. The molecule has 0 amide bonds. The summed E-state index contributed by atoms with van der Waals surface area (Å²) in [5, 5.41) is 8.92. The predicted molar refractivity (Wildman–Crippen MR) is 41.2 cm³/mol. The first-order valence-electron chi connectivity index (χ1n) is 3.01. The molecule has 3 heteroatoms. The van der Waals surface area contributed by atoms with Crippen molar-refractivity contribution < 1.29 is 1.37 Å². The third kappa shape index (κ3) is 1.23. The van der Waals surface area contributed by atoms with Crippen molar-refractivity contribution in [3.63, 3.8) is 0 Å². The van der Waals surface area contributed by atoms with Gasteiger partial charge in [-0.2, -0.15) is 5.26 Å². The maximum absolute atomic E-state index is 8.52. The molecule has 0 bridgehead atoms. The fraction of sp³-hybridized carbons (Fsp3) is 0. The highest BCUT2D eigenvalue weighted by atomic mass is 35.5. The number of nitriles is 1. The molecule has 0 atom stereocenters. The van der Waals surface area contributed by atoms with E-state index in [-0.39, 0.29) is 21.7 Å². The molecule has 1 aromatic rings. The maximum atomic E-state index is 8.52. The van der Waals surface area contributed by atoms with Crippen LogP contribution in [0.3, 0.4) is 0 Å². The van der Waals surface area contributed by atoms with Gasteiger partial charge in [0.1, 0.15) is 6.07 Å². The molecule has 0 aliphatic carbocycles. The van der Waals surface area contributed by atoms with Crippen LogP contribution >= 0.6 is 23.2 Å². The minimum absolute atomic E-state index is 0.111. The van der Waals surface area contributed by atoms with E-state index in [4.69, 9.17) is 29.8 Å². The standard InChI is InChI=1S/C7H3Cl2N/c8-6-2-1-3-7(9)5(6)4-10/h1-3H/i2D. The van der Waals surface area contributed by atoms with E-state index < -0.39 is 0 Å². The Bertz CT molecular complexity index is 330. The first-order valence-corrected chi connectivity index (χ1v) is 3.27. The van der Waals surface area contributed by atoms with Gasteiger partial charge in [0.05, 0.1) is 17.0 Å². The van der Waals surface area contributed by atoms with Crippen LogP contribution in [0.25, 0.3) is 0 Å². The van der Waals surface area contributed by atoms with Crippen molar-refractivity contribution in [3.05, 3.63) is 33.8 Å². The minimum atomic E-state index is 0.111. The van der Waals surface area contributed by atoms with Crippen LogP contribution in [0, 0.1) is 11.3 Å². The Balaban J connectivity index is 3.44. The lowest BCUT2D eigenvalue weighted by atomic mass is 10.2. The van der Waals surface area contributed by atoms with Gasteiger partial charge in [-0.15, -0.1) is 0 Å². The molecule has 50 valence electrons. The van der Waals surface area contributed by atoms with E-state index in [0.29, 0.717) is 0 Å². The van der Waals surface area contributed by atoms with E-state index in [9.17, 15) is 0 Å². The number of hydrogen-bond donors (Lipinski definition) is 0. The maximum Gasteiger partial charge on any atom is 0.102 e. The van der Waals surface area contributed by atoms with E-state index >= 15 is 0 Å². The zero-order chi connectivity index (χ0) is 8.43. The van der Waals surface area contributed by atoms with Crippen molar-refractivity contribution in [2.75, 3.05) is 0 Å². The molecule has 0 spiro atoms. The van der Waals surface area contributed by atoms with Gasteiger partial charge in [-0.25, -0.2) is 0 Å². The lowest BCUT2D eigenvalue weighted by Crippen LogP contribution is -1.76. The van der Waals surface area contributed by atoms with Crippen molar-refractivity contribution in [2.45, 2.75) is 0 Å². The van der Waals surface area contributed by atoms with Crippen LogP contribution in [0.15, 0.2) is 18.2 Å². The van der Waals surface area contributed by atoms with E-state index in [1.54, 1.807) is 0 Å². The first kappa shape index (κ1) is 6.03. The molecule has 1 nitrogen and oxygen atoms in total. The van der Waals surface area contributed by atoms with Crippen LogP contribution < -0.4 is 0 Å². The van der Waals surface area contributed by atoms with E-state index in [1.807, 2.05) is 6.07 Å². The molecule has 0 heterocycles. The lowest BCUT2D eigenvalue weighted by molar-refractivity contribution is 1.48. The number of rotatable bonds is 0. The average Bonchev–Trinajstić information content (AvgIpc) is 1.99. The number of halogens is 2. The molecule has 0 unspecified atom stereocenters. The molecule has 1 aromatic carbocycles. The van der Waals surface area contributed by atoms with Gasteiger partial charge in [0, 0.05) is 0 Å². The summed E-state index contributed by atoms with van der Waals surface area (Å²) in [6.07, 6.45) is 0. The van der Waals surface area contributed by atoms with Gasteiger partial charge >= 0.3 is 0 Å². The molecule has 0 saturated heterocycles. The highest BCUT2D eigenvalue weighted by molar-refractivity contribution is 6.36. The van der Waals surface area contributed by atoms with Crippen molar-refractivity contribution >= 4 is 23.2 Å². The van der Waals surface area contributed by atoms with Gasteiger partial charge in [-0.1, -0.05) is 29.3 Å². The molecule has 0 radical (unpaired) electrons. The monoisotopic (exact) mass is 172 g/mol. The third-order valence-corrected chi connectivity index (χ3v) is 1.62. The molecular weight excluding hydrogens is 169 g/mol. The van der Waals surface area contributed by atoms with Gasteiger partial charge in [0.2, 0.25) is 0 Å². The van der Waals surface area contributed by atoms with Crippen LogP contribution in [0.5, 0.6) is 0 Å². The van der Waals surface area contributed by atoms with Crippen LogP contribution in [0.4, 0.5) is 0 Å². The summed E-state index contributed by atoms with van der Waals surface area (Å²) in [4.78, 5) is 0. The van der Waals surface area contributed by atoms with Crippen molar-refractivity contribution in [2.24, 2.45) is 0 Å². The summed E-state index contributed by atoms with van der Waals surface area (Å²) in [5.41, 5.74) is 0.167. The summed E-state index contributed by atoms with van der Waals surface area (Å²) in [7, 11) is 0. The Morgan fingerprint density at radius 1 is 1.50 bits per heavy atom. The molecule has 0 aliphatic heterocycles. The smallest absolute Gasteiger partial charge is 0.102 e. The Morgan fingerprint density at radius 2 is 2.20 bits per heavy atom. The highest BCUT2D eigenvalue weighted by Gasteiger charge is 2.01. The molecular formula is C7H3Cl2N. The molecule has 10 heavy (non-hydrogen) atoms. The van der Waals surface area contributed by atoms with Gasteiger partial charge < -0.3 is 0 Å². The second-order valence-corrected chi connectivity index (χ2v) is 2.41. The Hall–Kier alpha value is -0.710. The molecule has 0 aliphatic rings. The second-order valence-electron chi connectivity index (χ2n) is 1.63. The first-order chi connectivity index (χ1) is 5.16. The quantitative estimate of drug-likeness (QED) is 0.591. The Kier molecular flexibility index (Phi) is 1.76. The number of benzene rings is 1. The van der Waals surface area contributed by atoms with E-state index in [0.717, 1.165) is 0 Å². The largest absolute Gasteiger partial charge is 0.192 e. The summed E-state index contributed by atoms with van der Waals surface area (Å²) >= 11 is 11.2. The van der Waals surface area contributed by atoms with Crippen molar-refractivity contribution in [1.29, 1.82) is 5.26 Å². The zero-order valence-corrected chi connectivity index (χ0v) is 6.37. The van der Waals surface area contributed by atoms with E-state index in [1.165, 1.54) is 12.1 Å². The number of hydrogen-bond acceptors (Lipinski definition) is 1. The highest BCUT2D eigenvalue weighted by Crippen LogP contribution is 2.22. The summed E-state index contributed by atoms with van der Waals surface area (Å²) in [5.74, 6) is 0. The topological polar surface area (TPSA) is 23.8 Å². The average molecular weight is 173 g/mol. The van der Waals surface area contributed by atoms with Crippen LogP contribution in [0.2, 0.25) is 10.0 Å². The van der Waals surface area contributed by atoms with E-state index in [2.05, 4.69) is 0 Å². The minimum Gasteiger partial charge on any atom is -0.192 e. The Morgan fingerprint density at radius 3 is 2.70 bits per heavy atom. The van der Waals surface area contributed by atoms with Crippen molar-refractivity contribution in [3.8, 4) is 6.07 Å².